The highest BCUT2D eigenvalue weighted by molar-refractivity contribution is 9.10. The summed E-state index contributed by atoms with van der Waals surface area (Å²) in [6, 6.07) is 8.35. The van der Waals surface area contributed by atoms with Crippen LogP contribution in [-0.4, -0.2) is 6.04 Å². The summed E-state index contributed by atoms with van der Waals surface area (Å²) in [6.07, 6.45) is 4.37. The molecule has 0 radical (unpaired) electrons. The lowest BCUT2D eigenvalue weighted by molar-refractivity contribution is 0.389. The number of nitriles is 1. The monoisotopic (exact) mass is 312 g/mol. The van der Waals surface area contributed by atoms with Crippen molar-refractivity contribution in [2.45, 2.75) is 31.7 Å². The molecule has 17 heavy (non-hydrogen) atoms. The zero-order chi connectivity index (χ0) is 12.3. The van der Waals surface area contributed by atoms with E-state index in [2.05, 4.69) is 27.3 Å². The molecule has 2 rings (SSSR count). The third-order valence-electron chi connectivity index (χ3n) is 3.20. The van der Waals surface area contributed by atoms with Crippen LogP contribution in [-0.2, 0) is 0 Å². The minimum absolute atomic E-state index is 0.0961. The molecule has 1 N–H and O–H groups in total. The van der Waals surface area contributed by atoms with Gasteiger partial charge in [-0.2, -0.15) is 5.26 Å². The Hall–Kier alpha value is -0.720. The lowest BCUT2D eigenvalue weighted by Gasteiger charge is -2.28. The van der Waals surface area contributed by atoms with Gasteiger partial charge in [-0.15, -0.1) is 0 Å². The zero-order valence-electron chi connectivity index (χ0n) is 9.42. The molecule has 2 nitrogen and oxygen atoms in total. The third-order valence-corrected chi connectivity index (χ3v) is 4.02. The minimum Gasteiger partial charge on any atom is -0.380 e. The summed E-state index contributed by atoms with van der Waals surface area (Å²) in [6.45, 7) is 0. The molecule has 2 unspecified atom stereocenters. The van der Waals surface area contributed by atoms with Gasteiger partial charge in [-0.05, 0) is 31.0 Å². The van der Waals surface area contributed by atoms with Crippen molar-refractivity contribution in [3.05, 3.63) is 27.7 Å². The van der Waals surface area contributed by atoms with Crippen LogP contribution >= 0.6 is 27.5 Å². The summed E-state index contributed by atoms with van der Waals surface area (Å²) in [4.78, 5) is 0. The van der Waals surface area contributed by atoms with Crippen molar-refractivity contribution in [3.63, 3.8) is 0 Å². The van der Waals surface area contributed by atoms with Gasteiger partial charge in [-0.3, -0.25) is 0 Å². The number of hydrogen-bond acceptors (Lipinski definition) is 2. The number of nitrogens with zero attached hydrogens (tertiary/aromatic N) is 1. The quantitative estimate of drug-likeness (QED) is 0.866. The van der Waals surface area contributed by atoms with Crippen molar-refractivity contribution < 1.29 is 0 Å². The van der Waals surface area contributed by atoms with Crippen LogP contribution in [0.15, 0.2) is 22.7 Å². The number of hydrogen-bond donors (Lipinski definition) is 1. The first-order chi connectivity index (χ1) is 8.20. The van der Waals surface area contributed by atoms with E-state index in [1.807, 2.05) is 18.2 Å². The van der Waals surface area contributed by atoms with Gasteiger partial charge in [0.15, 0.2) is 0 Å². The Morgan fingerprint density at radius 3 is 2.88 bits per heavy atom. The predicted octanol–water partition coefficient (Wildman–Crippen LogP) is 4.60. The average Bonchev–Trinajstić information content (AvgIpc) is 2.34. The number of nitrogens with one attached hydrogen (secondary N) is 1. The smallest absolute Gasteiger partial charge is 0.0677 e. The number of anilines is 1. The molecule has 0 spiro atoms. The lowest BCUT2D eigenvalue weighted by Crippen LogP contribution is -2.31. The summed E-state index contributed by atoms with van der Waals surface area (Å²) in [7, 11) is 0. The predicted molar refractivity (Wildman–Crippen MR) is 74.1 cm³/mol. The summed E-state index contributed by atoms with van der Waals surface area (Å²) >= 11 is 9.57. The Kier molecular flexibility index (Phi) is 4.31. The van der Waals surface area contributed by atoms with E-state index in [1.54, 1.807) is 0 Å². The van der Waals surface area contributed by atoms with Crippen LogP contribution in [0.25, 0.3) is 0 Å². The normalized spacial score (nSPS) is 24.1. The maximum atomic E-state index is 9.13. The molecule has 2 atom stereocenters. The highest BCUT2D eigenvalue weighted by atomic mass is 79.9. The Bertz CT molecular complexity index is 442. The van der Waals surface area contributed by atoms with E-state index in [1.165, 1.54) is 6.42 Å². The SMILES string of the molecule is N#CC1CCCCC1Nc1cc(Br)ccc1Cl. The summed E-state index contributed by atoms with van der Waals surface area (Å²) < 4.78 is 0.994. The van der Waals surface area contributed by atoms with Crippen LogP contribution in [0, 0.1) is 17.2 Å². The maximum absolute atomic E-state index is 9.13. The molecule has 0 saturated heterocycles. The second-order valence-corrected chi connectivity index (χ2v) is 5.72. The molecule has 0 heterocycles. The van der Waals surface area contributed by atoms with Gasteiger partial charge in [-0.25, -0.2) is 0 Å². The van der Waals surface area contributed by atoms with Gasteiger partial charge in [0.05, 0.1) is 22.7 Å². The van der Waals surface area contributed by atoms with E-state index < -0.39 is 0 Å². The standard InChI is InChI=1S/C13H14BrClN2/c14-10-5-6-11(15)13(7-10)17-12-4-2-1-3-9(12)8-16/h5-7,9,12,17H,1-4H2. The molecule has 0 aromatic heterocycles. The second kappa shape index (κ2) is 5.75. The van der Waals surface area contributed by atoms with Crippen LogP contribution in [0.5, 0.6) is 0 Å². The largest absolute Gasteiger partial charge is 0.380 e. The fourth-order valence-electron chi connectivity index (χ4n) is 2.27. The van der Waals surface area contributed by atoms with E-state index >= 15 is 0 Å². The lowest BCUT2D eigenvalue weighted by atomic mass is 9.85. The Morgan fingerprint density at radius 1 is 1.35 bits per heavy atom. The molecule has 4 heteroatoms. The number of rotatable bonds is 2. The highest BCUT2D eigenvalue weighted by Crippen LogP contribution is 2.31. The molecule has 1 aliphatic carbocycles. The highest BCUT2D eigenvalue weighted by Gasteiger charge is 2.25. The van der Waals surface area contributed by atoms with Gasteiger partial charge in [0, 0.05) is 10.5 Å². The van der Waals surface area contributed by atoms with Gasteiger partial charge < -0.3 is 5.32 Å². The first-order valence-electron chi connectivity index (χ1n) is 5.82. The average molecular weight is 314 g/mol. The zero-order valence-corrected chi connectivity index (χ0v) is 11.8. The molecular formula is C13H14BrClN2. The molecule has 1 aliphatic rings. The van der Waals surface area contributed by atoms with E-state index in [-0.39, 0.29) is 12.0 Å². The molecule has 0 amide bonds. The maximum Gasteiger partial charge on any atom is 0.0677 e. The molecule has 0 bridgehead atoms. The van der Waals surface area contributed by atoms with Gasteiger partial charge in [-0.1, -0.05) is 40.4 Å². The molecule has 90 valence electrons. The van der Waals surface area contributed by atoms with Crippen LogP contribution in [0.4, 0.5) is 5.69 Å². The van der Waals surface area contributed by atoms with Crippen molar-refractivity contribution in [3.8, 4) is 6.07 Å². The van der Waals surface area contributed by atoms with Crippen molar-refractivity contribution in [2.24, 2.45) is 5.92 Å². The number of benzene rings is 1. The van der Waals surface area contributed by atoms with Gasteiger partial charge in [0.2, 0.25) is 0 Å². The van der Waals surface area contributed by atoms with Crippen molar-refractivity contribution in [1.29, 1.82) is 5.26 Å². The molecule has 1 saturated carbocycles. The van der Waals surface area contributed by atoms with E-state index in [0.717, 1.165) is 29.4 Å². The molecule has 0 aliphatic heterocycles. The van der Waals surface area contributed by atoms with E-state index in [9.17, 15) is 0 Å². The van der Waals surface area contributed by atoms with Crippen LogP contribution < -0.4 is 5.32 Å². The first-order valence-corrected chi connectivity index (χ1v) is 6.99. The van der Waals surface area contributed by atoms with Gasteiger partial charge >= 0.3 is 0 Å². The van der Waals surface area contributed by atoms with Crippen LogP contribution in [0.2, 0.25) is 5.02 Å². The topological polar surface area (TPSA) is 35.8 Å². The third kappa shape index (κ3) is 3.14. The van der Waals surface area contributed by atoms with Crippen molar-refractivity contribution in [2.75, 3.05) is 5.32 Å². The van der Waals surface area contributed by atoms with Gasteiger partial charge in [0.25, 0.3) is 0 Å². The Morgan fingerprint density at radius 2 is 2.12 bits per heavy atom. The summed E-state index contributed by atoms with van der Waals surface area (Å²) in [5.74, 6) is 0.0961. The molecule has 1 aromatic rings. The molecular weight excluding hydrogens is 300 g/mol. The van der Waals surface area contributed by atoms with Crippen LogP contribution in [0.3, 0.4) is 0 Å². The van der Waals surface area contributed by atoms with Crippen molar-refractivity contribution in [1.82, 2.24) is 0 Å². The van der Waals surface area contributed by atoms with Crippen LogP contribution in [0.1, 0.15) is 25.7 Å². The van der Waals surface area contributed by atoms with Gasteiger partial charge in [0.1, 0.15) is 0 Å². The summed E-state index contributed by atoms with van der Waals surface area (Å²) in [5, 5.41) is 13.2. The number of halogens is 2. The fraction of sp³-hybridized carbons (Fsp3) is 0.462. The molecule has 1 fully saturated rings. The van der Waals surface area contributed by atoms with Crippen molar-refractivity contribution >= 4 is 33.2 Å². The molecule has 1 aromatic carbocycles. The second-order valence-electron chi connectivity index (χ2n) is 4.40. The van der Waals surface area contributed by atoms with E-state index in [4.69, 9.17) is 16.9 Å². The van der Waals surface area contributed by atoms with E-state index in [0.29, 0.717) is 5.02 Å². The minimum atomic E-state index is 0.0961. The fourth-order valence-corrected chi connectivity index (χ4v) is 2.80. The Labute approximate surface area is 115 Å². The first kappa shape index (κ1) is 12.7. The Balaban J connectivity index is 2.14. The summed E-state index contributed by atoms with van der Waals surface area (Å²) in [5.41, 5.74) is 0.910.